The largest absolute Gasteiger partial charge is 0.309 e. The minimum Gasteiger partial charge on any atom is -0.309 e. The van der Waals surface area contributed by atoms with Gasteiger partial charge in [0, 0.05) is 61.0 Å². The summed E-state index contributed by atoms with van der Waals surface area (Å²) in [4.78, 5) is 19.7. The smallest absolute Gasteiger partial charge is 0.165 e. The van der Waals surface area contributed by atoms with Crippen molar-refractivity contribution in [1.29, 1.82) is 5.26 Å². The van der Waals surface area contributed by atoms with Crippen molar-refractivity contribution >= 4 is 53.3 Å². The molecule has 0 saturated heterocycles. The Balaban J connectivity index is 1.28. The lowest BCUT2D eigenvalue weighted by molar-refractivity contribution is 1.07. The molecule has 0 atom stereocenters. The lowest BCUT2D eigenvalue weighted by Gasteiger charge is -2.13. The van der Waals surface area contributed by atoms with E-state index in [4.69, 9.17) is 15.0 Å². The number of hydrogen-bond donors (Lipinski definition) is 0. The summed E-state index contributed by atoms with van der Waals surface area (Å²) in [5, 5.41) is 14.3. The average molecular weight is 683 g/mol. The molecule has 6 nitrogen and oxygen atoms in total. The summed E-state index contributed by atoms with van der Waals surface area (Å²) in [7, 11) is 0. The molecule has 0 aliphatic carbocycles. The number of para-hydroxylation sites is 1. The van der Waals surface area contributed by atoms with Gasteiger partial charge in [-0.1, -0.05) is 97.1 Å². The van der Waals surface area contributed by atoms with Crippen LogP contribution >= 0.6 is 11.3 Å². The normalized spacial score (nSPS) is 11.4. The minimum absolute atomic E-state index is 0.507. The summed E-state index contributed by atoms with van der Waals surface area (Å²) in [6, 6.07) is 52.1. The molecule has 4 aromatic heterocycles. The van der Waals surface area contributed by atoms with Gasteiger partial charge in [0.25, 0.3) is 0 Å². The quantitative estimate of drug-likeness (QED) is 0.180. The number of hydrogen-bond acceptors (Lipinski definition) is 6. The molecule has 242 valence electrons. The molecule has 0 bridgehead atoms. The fourth-order valence-corrected chi connectivity index (χ4v) is 8.30. The van der Waals surface area contributed by atoms with Crippen LogP contribution in [0.2, 0.25) is 0 Å². The van der Waals surface area contributed by atoms with Crippen LogP contribution in [-0.4, -0.2) is 24.5 Å². The van der Waals surface area contributed by atoms with E-state index in [-0.39, 0.29) is 0 Å². The molecule has 0 amide bonds. The molecule has 6 aromatic carbocycles. The number of thiophene rings is 1. The van der Waals surface area contributed by atoms with Crippen LogP contribution in [0.3, 0.4) is 0 Å². The average Bonchev–Trinajstić information content (AvgIpc) is 3.76. The van der Waals surface area contributed by atoms with Crippen LogP contribution in [0.4, 0.5) is 0 Å². The third kappa shape index (κ3) is 4.93. The minimum atomic E-state index is 0.507. The highest BCUT2D eigenvalue weighted by Gasteiger charge is 2.21. The Kier molecular flexibility index (Phi) is 6.95. The van der Waals surface area contributed by atoms with E-state index in [1.807, 2.05) is 67.0 Å². The van der Waals surface area contributed by atoms with Crippen molar-refractivity contribution in [3.05, 3.63) is 164 Å². The molecule has 0 saturated carbocycles. The molecular weight excluding hydrogens is 657 g/mol. The lowest BCUT2D eigenvalue weighted by atomic mass is 10.0. The summed E-state index contributed by atoms with van der Waals surface area (Å²) in [6.07, 6.45) is 3.78. The standard InChI is InChI=1S/C45H26N6S/c46-26-28-10-9-15-32(22-28)44-48-43(30-13-5-2-6-14-30)49-45(50-44)38-25-33(24-37-35-20-21-47-27-41(35)52-42(37)38)51-39-17-8-7-16-34(39)36-23-31(18-19-40(36)51)29-11-3-1-4-12-29/h1-25,27H. The number of pyridine rings is 1. The second kappa shape index (κ2) is 12.1. The summed E-state index contributed by atoms with van der Waals surface area (Å²) < 4.78 is 4.51. The zero-order valence-corrected chi connectivity index (χ0v) is 28.4. The lowest BCUT2D eigenvalue weighted by Crippen LogP contribution is -2.01. The molecule has 52 heavy (non-hydrogen) atoms. The van der Waals surface area contributed by atoms with E-state index in [2.05, 4.69) is 101 Å². The fourth-order valence-electron chi connectivity index (χ4n) is 7.14. The Hall–Kier alpha value is -7.01. The van der Waals surface area contributed by atoms with Crippen molar-refractivity contribution in [1.82, 2.24) is 24.5 Å². The van der Waals surface area contributed by atoms with Crippen LogP contribution < -0.4 is 0 Å². The topological polar surface area (TPSA) is 80.3 Å². The maximum absolute atomic E-state index is 9.70. The highest BCUT2D eigenvalue weighted by atomic mass is 32.1. The first-order valence-corrected chi connectivity index (χ1v) is 17.8. The highest BCUT2D eigenvalue weighted by molar-refractivity contribution is 7.26. The Morgan fingerprint density at radius 2 is 1.23 bits per heavy atom. The molecule has 10 aromatic rings. The van der Waals surface area contributed by atoms with Gasteiger partial charge in [-0.25, -0.2) is 15.0 Å². The molecule has 0 spiro atoms. The van der Waals surface area contributed by atoms with Gasteiger partial charge in [-0.05, 0) is 59.7 Å². The zero-order chi connectivity index (χ0) is 34.6. The highest BCUT2D eigenvalue weighted by Crippen LogP contribution is 2.43. The van der Waals surface area contributed by atoms with E-state index < -0.39 is 0 Å². The molecule has 0 fully saturated rings. The van der Waals surface area contributed by atoms with Crippen molar-refractivity contribution in [3.8, 4) is 57.0 Å². The van der Waals surface area contributed by atoms with Gasteiger partial charge in [0.2, 0.25) is 0 Å². The molecule has 0 N–H and O–H groups in total. The van der Waals surface area contributed by atoms with E-state index in [1.165, 1.54) is 21.9 Å². The van der Waals surface area contributed by atoms with E-state index in [9.17, 15) is 5.26 Å². The van der Waals surface area contributed by atoms with Gasteiger partial charge in [-0.2, -0.15) is 5.26 Å². The maximum Gasteiger partial charge on any atom is 0.165 e. The molecule has 0 aliphatic heterocycles. The van der Waals surface area contributed by atoms with E-state index in [0.29, 0.717) is 23.0 Å². The third-order valence-electron chi connectivity index (χ3n) is 9.56. The summed E-state index contributed by atoms with van der Waals surface area (Å²) >= 11 is 1.69. The van der Waals surface area contributed by atoms with Gasteiger partial charge in [0.15, 0.2) is 17.5 Å². The van der Waals surface area contributed by atoms with Gasteiger partial charge >= 0.3 is 0 Å². The number of nitrogens with zero attached hydrogens (tertiary/aromatic N) is 6. The Morgan fingerprint density at radius 1 is 0.519 bits per heavy atom. The van der Waals surface area contributed by atoms with Crippen molar-refractivity contribution in [2.45, 2.75) is 0 Å². The Morgan fingerprint density at radius 3 is 2.06 bits per heavy atom. The van der Waals surface area contributed by atoms with Crippen molar-refractivity contribution in [3.63, 3.8) is 0 Å². The van der Waals surface area contributed by atoms with Crippen LogP contribution in [0.1, 0.15) is 5.56 Å². The van der Waals surface area contributed by atoms with E-state index >= 15 is 0 Å². The van der Waals surface area contributed by atoms with E-state index in [0.717, 1.165) is 53.6 Å². The molecule has 0 radical (unpaired) electrons. The second-order valence-corrected chi connectivity index (χ2v) is 13.7. The second-order valence-electron chi connectivity index (χ2n) is 12.7. The first-order valence-electron chi connectivity index (χ1n) is 16.9. The molecule has 0 aliphatic rings. The number of aromatic nitrogens is 5. The molecule has 10 rings (SSSR count). The third-order valence-corrected chi connectivity index (χ3v) is 10.7. The van der Waals surface area contributed by atoms with Crippen molar-refractivity contribution in [2.24, 2.45) is 0 Å². The number of rotatable bonds is 5. The molecular formula is C45H26N6S. The first-order chi connectivity index (χ1) is 25.7. The van der Waals surface area contributed by atoms with Gasteiger partial charge in [0.1, 0.15) is 0 Å². The van der Waals surface area contributed by atoms with Crippen molar-refractivity contribution in [2.75, 3.05) is 0 Å². The van der Waals surface area contributed by atoms with Gasteiger partial charge in [-0.15, -0.1) is 11.3 Å². The predicted octanol–water partition coefficient (Wildman–Crippen LogP) is 11.3. The molecule has 0 unspecified atom stereocenters. The Bertz CT molecular complexity index is 3030. The zero-order valence-electron chi connectivity index (χ0n) is 27.6. The van der Waals surface area contributed by atoms with Gasteiger partial charge < -0.3 is 4.57 Å². The van der Waals surface area contributed by atoms with Crippen molar-refractivity contribution < 1.29 is 0 Å². The molecule has 4 heterocycles. The van der Waals surface area contributed by atoms with Crippen LogP contribution in [0.25, 0.3) is 93.0 Å². The van der Waals surface area contributed by atoms with Crippen LogP contribution in [0.5, 0.6) is 0 Å². The van der Waals surface area contributed by atoms with Gasteiger partial charge in [-0.3, -0.25) is 4.98 Å². The monoisotopic (exact) mass is 682 g/mol. The summed E-state index contributed by atoms with van der Waals surface area (Å²) in [5.41, 5.74) is 8.68. The Labute approximate surface area is 302 Å². The summed E-state index contributed by atoms with van der Waals surface area (Å²) in [5.74, 6) is 1.63. The number of nitriles is 1. The van der Waals surface area contributed by atoms with Crippen LogP contribution in [-0.2, 0) is 0 Å². The number of benzene rings is 6. The SMILES string of the molecule is N#Cc1cccc(-c2nc(-c3ccccc3)nc(-c3cc(-n4c5ccccc5c5cc(-c6ccccc6)ccc54)cc4c3sc3cnccc34)n2)c1. The molecule has 7 heteroatoms. The van der Waals surface area contributed by atoms with E-state index in [1.54, 1.807) is 17.4 Å². The van der Waals surface area contributed by atoms with Crippen LogP contribution in [0, 0.1) is 11.3 Å². The predicted molar refractivity (Wildman–Crippen MR) is 211 cm³/mol. The maximum atomic E-state index is 9.70. The fraction of sp³-hybridized carbons (Fsp3) is 0. The first kappa shape index (κ1) is 29.9. The number of fused-ring (bicyclic) bond motifs is 6. The summed E-state index contributed by atoms with van der Waals surface area (Å²) in [6.45, 7) is 0. The van der Waals surface area contributed by atoms with Gasteiger partial charge in [0.05, 0.1) is 27.4 Å². The van der Waals surface area contributed by atoms with Crippen LogP contribution in [0.15, 0.2) is 158 Å².